The second-order valence-corrected chi connectivity index (χ2v) is 7.87. The minimum absolute atomic E-state index is 0.0197. The molecule has 0 aliphatic carbocycles. The summed E-state index contributed by atoms with van der Waals surface area (Å²) in [5, 5.41) is 9.26. The number of ether oxygens (including phenoxy) is 2. The predicted octanol–water partition coefficient (Wildman–Crippen LogP) is 1.79. The van der Waals surface area contributed by atoms with E-state index >= 15 is 0 Å². The standard InChI is InChI=1S/C17H25NO7S/c1-5-25-17(21)13-7-12(10-24-4)8-14(9-13)26(22,23)18-15(16(19)20)6-11(2)3/h7-9,11,15,18H,5-6,10H2,1-4H3,(H,19,20). The summed E-state index contributed by atoms with van der Waals surface area (Å²) in [5.41, 5.74) is 0.506. The van der Waals surface area contributed by atoms with Crippen molar-refractivity contribution in [3.63, 3.8) is 0 Å². The molecule has 0 fully saturated rings. The van der Waals surface area contributed by atoms with Gasteiger partial charge in [0.25, 0.3) is 0 Å². The largest absolute Gasteiger partial charge is 0.480 e. The number of methoxy groups -OCH3 is 1. The molecule has 0 radical (unpaired) electrons. The number of carbonyl (C=O) groups is 2. The summed E-state index contributed by atoms with van der Waals surface area (Å²) in [4.78, 5) is 23.1. The van der Waals surface area contributed by atoms with Gasteiger partial charge in [-0.1, -0.05) is 13.8 Å². The quantitative estimate of drug-likeness (QED) is 0.587. The number of carbonyl (C=O) groups excluding carboxylic acids is 1. The third kappa shape index (κ3) is 6.40. The second kappa shape index (κ2) is 9.65. The number of carboxylic acid groups (broad SMARTS) is 1. The highest BCUT2D eigenvalue weighted by Crippen LogP contribution is 2.18. The molecule has 0 spiro atoms. The molecular formula is C17H25NO7S. The van der Waals surface area contributed by atoms with Crippen molar-refractivity contribution in [1.29, 1.82) is 0 Å². The number of esters is 1. The Kier molecular flexibility index (Phi) is 8.19. The van der Waals surface area contributed by atoms with Crippen LogP contribution in [0.4, 0.5) is 0 Å². The number of carboxylic acids is 1. The van der Waals surface area contributed by atoms with Crippen LogP contribution in [0.1, 0.15) is 43.1 Å². The maximum absolute atomic E-state index is 12.7. The number of aliphatic carboxylic acids is 1. The minimum atomic E-state index is -4.16. The van der Waals surface area contributed by atoms with E-state index in [1.54, 1.807) is 20.8 Å². The van der Waals surface area contributed by atoms with Gasteiger partial charge in [0.2, 0.25) is 10.0 Å². The minimum Gasteiger partial charge on any atom is -0.480 e. The van der Waals surface area contributed by atoms with Crippen LogP contribution in [-0.4, -0.2) is 45.2 Å². The SMILES string of the molecule is CCOC(=O)c1cc(COC)cc(S(=O)(=O)NC(CC(C)C)C(=O)O)c1. The molecule has 146 valence electrons. The van der Waals surface area contributed by atoms with Gasteiger partial charge in [0.1, 0.15) is 6.04 Å². The molecule has 0 aromatic heterocycles. The highest BCUT2D eigenvalue weighted by Gasteiger charge is 2.27. The van der Waals surface area contributed by atoms with Gasteiger partial charge in [-0.2, -0.15) is 4.72 Å². The van der Waals surface area contributed by atoms with Gasteiger partial charge in [-0.25, -0.2) is 13.2 Å². The van der Waals surface area contributed by atoms with Crippen LogP contribution in [0, 0.1) is 5.92 Å². The lowest BCUT2D eigenvalue weighted by Crippen LogP contribution is -2.41. The molecule has 1 aromatic carbocycles. The fraction of sp³-hybridized carbons (Fsp3) is 0.529. The Labute approximate surface area is 153 Å². The van der Waals surface area contributed by atoms with E-state index in [9.17, 15) is 23.1 Å². The van der Waals surface area contributed by atoms with Gasteiger partial charge >= 0.3 is 11.9 Å². The van der Waals surface area contributed by atoms with Gasteiger partial charge in [0.15, 0.2) is 0 Å². The Morgan fingerprint density at radius 2 is 1.88 bits per heavy atom. The van der Waals surface area contributed by atoms with Crippen molar-refractivity contribution in [2.75, 3.05) is 13.7 Å². The average Bonchev–Trinajstić information content (AvgIpc) is 2.53. The van der Waals surface area contributed by atoms with Crippen LogP contribution in [0.5, 0.6) is 0 Å². The van der Waals surface area contributed by atoms with E-state index in [1.165, 1.54) is 19.2 Å². The molecule has 1 rings (SSSR count). The van der Waals surface area contributed by atoms with E-state index in [2.05, 4.69) is 4.72 Å². The van der Waals surface area contributed by atoms with Gasteiger partial charge in [0.05, 0.1) is 23.7 Å². The van der Waals surface area contributed by atoms with Crippen molar-refractivity contribution < 1.29 is 32.6 Å². The number of rotatable bonds is 10. The third-order valence-electron chi connectivity index (χ3n) is 3.40. The van der Waals surface area contributed by atoms with Gasteiger partial charge in [-0.15, -0.1) is 0 Å². The van der Waals surface area contributed by atoms with Crippen LogP contribution in [0.2, 0.25) is 0 Å². The first-order chi connectivity index (χ1) is 12.1. The van der Waals surface area contributed by atoms with E-state index in [4.69, 9.17) is 9.47 Å². The highest BCUT2D eigenvalue weighted by molar-refractivity contribution is 7.89. The molecule has 1 atom stereocenters. The Morgan fingerprint density at radius 1 is 1.23 bits per heavy atom. The van der Waals surface area contributed by atoms with Gasteiger partial charge in [0, 0.05) is 7.11 Å². The zero-order valence-electron chi connectivity index (χ0n) is 15.3. The molecule has 9 heteroatoms. The average molecular weight is 387 g/mol. The summed E-state index contributed by atoms with van der Waals surface area (Å²) < 4.78 is 37.4. The van der Waals surface area contributed by atoms with Crippen molar-refractivity contribution in [1.82, 2.24) is 4.72 Å². The highest BCUT2D eigenvalue weighted by atomic mass is 32.2. The van der Waals surface area contributed by atoms with Gasteiger partial charge in [-0.3, -0.25) is 4.79 Å². The summed E-state index contributed by atoms with van der Waals surface area (Å²) in [6.45, 7) is 5.46. The van der Waals surface area contributed by atoms with Crippen molar-refractivity contribution in [2.24, 2.45) is 5.92 Å². The Bertz CT molecular complexity index is 743. The first-order valence-electron chi connectivity index (χ1n) is 8.15. The molecule has 0 heterocycles. The summed E-state index contributed by atoms with van der Waals surface area (Å²) in [6.07, 6.45) is 0.136. The summed E-state index contributed by atoms with van der Waals surface area (Å²) >= 11 is 0. The molecule has 0 bridgehead atoms. The van der Waals surface area contributed by atoms with Crippen LogP contribution in [0.25, 0.3) is 0 Å². The zero-order valence-corrected chi connectivity index (χ0v) is 16.1. The van der Waals surface area contributed by atoms with Gasteiger partial charge in [-0.05, 0) is 43.0 Å². The molecule has 1 unspecified atom stereocenters. The lowest BCUT2D eigenvalue weighted by molar-refractivity contribution is -0.139. The topological polar surface area (TPSA) is 119 Å². The number of benzene rings is 1. The molecule has 0 saturated carbocycles. The van der Waals surface area contributed by atoms with Crippen LogP contribution in [0.3, 0.4) is 0 Å². The molecule has 26 heavy (non-hydrogen) atoms. The maximum atomic E-state index is 12.7. The Balaban J connectivity index is 3.28. The predicted molar refractivity (Wildman–Crippen MR) is 94.3 cm³/mol. The first-order valence-corrected chi connectivity index (χ1v) is 9.64. The monoisotopic (exact) mass is 387 g/mol. The lowest BCUT2D eigenvalue weighted by atomic mass is 10.1. The van der Waals surface area contributed by atoms with Gasteiger partial charge < -0.3 is 14.6 Å². The van der Waals surface area contributed by atoms with Crippen LogP contribution in [-0.2, 0) is 30.9 Å². The van der Waals surface area contributed by atoms with Crippen molar-refractivity contribution >= 4 is 22.0 Å². The van der Waals surface area contributed by atoms with E-state index in [0.29, 0.717) is 5.56 Å². The Hall–Kier alpha value is -1.97. The lowest BCUT2D eigenvalue weighted by Gasteiger charge is -2.17. The number of hydrogen-bond donors (Lipinski definition) is 2. The third-order valence-corrected chi connectivity index (χ3v) is 4.85. The molecule has 0 saturated heterocycles. The summed E-state index contributed by atoms with van der Waals surface area (Å²) in [6, 6.07) is 2.71. The number of nitrogens with one attached hydrogen (secondary N) is 1. The molecule has 0 aliphatic heterocycles. The van der Waals surface area contributed by atoms with E-state index in [1.807, 2.05) is 0 Å². The fourth-order valence-corrected chi connectivity index (χ4v) is 3.62. The maximum Gasteiger partial charge on any atom is 0.338 e. The molecule has 1 aromatic rings. The second-order valence-electron chi connectivity index (χ2n) is 6.16. The van der Waals surface area contributed by atoms with Crippen molar-refractivity contribution in [3.05, 3.63) is 29.3 Å². The van der Waals surface area contributed by atoms with E-state index in [0.717, 1.165) is 6.07 Å². The molecule has 8 nitrogen and oxygen atoms in total. The molecule has 2 N–H and O–H groups in total. The molecular weight excluding hydrogens is 362 g/mol. The number of sulfonamides is 1. The number of hydrogen-bond acceptors (Lipinski definition) is 6. The zero-order chi connectivity index (χ0) is 19.9. The Morgan fingerprint density at radius 3 is 2.38 bits per heavy atom. The van der Waals surface area contributed by atoms with Crippen LogP contribution in [0.15, 0.2) is 23.1 Å². The van der Waals surface area contributed by atoms with Crippen molar-refractivity contribution in [3.8, 4) is 0 Å². The summed E-state index contributed by atoms with van der Waals surface area (Å²) in [5.74, 6) is -1.95. The summed E-state index contributed by atoms with van der Waals surface area (Å²) in [7, 11) is -2.72. The van der Waals surface area contributed by atoms with Crippen molar-refractivity contribution in [2.45, 2.75) is 44.7 Å². The molecule has 0 amide bonds. The smallest absolute Gasteiger partial charge is 0.338 e. The van der Waals surface area contributed by atoms with E-state index in [-0.39, 0.29) is 36.0 Å². The molecule has 0 aliphatic rings. The normalized spacial score (nSPS) is 12.8. The fourth-order valence-electron chi connectivity index (χ4n) is 2.32. The first kappa shape index (κ1) is 22.1. The van der Waals surface area contributed by atoms with E-state index < -0.39 is 28.0 Å². The van der Waals surface area contributed by atoms with Crippen LogP contribution >= 0.6 is 0 Å². The van der Waals surface area contributed by atoms with Crippen LogP contribution < -0.4 is 4.72 Å².